The Morgan fingerprint density at radius 1 is 1.14 bits per heavy atom. The number of hydrogen-bond acceptors (Lipinski definition) is 2. The number of carbonyl (C=O) groups excluding carboxylic acids is 1. The summed E-state index contributed by atoms with van der Waals surface area (Å²) in [6.45, 7) is 11.2. The Hall–Kier alpha value is -0.530. The molecule has 0 rings (SSSR count). The van der Waals surface area contributed by atoms with Crippen LogP contribution in [0.15, 0.2) is 0 Å². The topological polar surface area (TPSA) is 26.3 Å². The Labute approximate surface area is 88.0 Å². The molecular weight excluding hydrogens is 176 g/mol. The van der Waals surface area contributed by atoms with E-state index in [-0.39, 0.29) is 5.97 Å². The zero-order valence-electron chi connectivity index (χ0n) is 10.2. The summed E-state index contributed by atoms with van der Waals surface area (Å²) in [6.07, 6.45) is 1.50. The number of esters is 1. The normalized spacial score (nSPS) is 13.4. The molecule has 2 nitrogen and oxygen atoms in total. The van der Waals surface area contributed by atoms with Crippen LogP contribution in [0.2, 0.25) is 0 Å². The molecule has 1 unspecified atom stereocenters. The fraction of sp³-hybridized carbons (Fsp3) is 0.917. The van der Waals surface area contributed by atoms with Gasteiger partial charge in [-0.15, -0.1) is 0 Å². The van der Waals surface area contributed by atoms with Crippen LogP contribution in [0.5, 0.6) is 0 Å². The van der Waals surface area contributed by atoms with E-state index in [9.17, 15) is 4.79 Å². The predicted octanol–water partition coefficient (Wildman–Crippen LogP) is 3.26. The second kappa shape index (κ2) is 6.86. The maximum absolute atomic E-state index is 11.3. The Morgan fingerprint density at radius 3 is 2.14 bits per heavy atom. The van der Waals surface area contributed by atoms with Crippen molar-refractivity contribution in [2.75, 3.05) is 6.61 Å². The molecule has 0 bridgehead atoms. The van der Waals surface area contributed by atoms with Crippen molar-refractivity contribution in [1.82, 2.24) is 0 Å². The van der Waals surface area contributed by atoms with Gasteiger partial charge in [0, 0.05) is 6.42 Å². The van der Waals surface area contributed by atoms with E-state index in [2.05, 4.69) is 20.8 Å². The SMILES string of the molecule is CC(C)COC(=O)CCC(C)C(C)C. The van der Waals surface area contributed by atoms with E-state index in [1.807, 2.05) is 13.8 Å². The van der Waals surface area contributed by atoms with Crippen LogP contribution < -0.4 is 0 Å². The molecule has 0 aromatic heterocycles. The van der Waals surface area contributed by atoms with Crippen LogP contribution >= 0.6 is 0 Å². The second-order valence-electron chi connectivity index (χ2n) is 4.84. The van der Waals surface area contributed by atoms with Crippen LogP contribution in [0, 0.1) is 17.8 Å². The first kappa shape index (κ1) is 13.5. The highest BCUT2D eigenvalue weighted by Gasteiger charge is 2.10. The van der Waals surface area contributed by atoms with Gasteiger partial charge in [-0.1, -0.05) is 34.6 Å². The summed E-state index contributed by atoms with van der Waals surface area (Å²) < 4.78 is 5.09. The molecule has 1 atom stereocenters. The molecule has 14 heavy (non-hydrogen) atoms. The Morgan fingerprint density at radius 2 is 1.71 bits per heavy atom. The van der Waals surface area contributed by atoms with Crippen LogP contribution in [0.3, 0.4) is 0 Å². The van der Waals surface area contributed by atoms with Gasteiger partial charge in [0.2, 0.25) is 0 Å². The van der Waals surface area contributed by atoms with Gasteiger partial charge in [-0.2, -0.15) is 0 Å². The van der Waals surface area contributed by atoms with Crippen LogP contribution in [0.25, 0.3) is 0 Å². The van der Waals surface area contributed by atoms with Crippen molar-refractivity contribution >= 4 is 5.97 Å². The molecule has 84 valence electrons. The second-order valence-corrected chi connectivity index (χ2v) is 4.84. The molecule has 0 N–H and O–H groups in total. The van der Waals surface area contributed by atoms with Gasteiger partial charge in [0.25, 0.3) is 0 Å². The van der Waals surface area contributed by atoms with Gasteiger partial charge < -0.3 is 4.74 Å². The highest BCUT2D eigenvalue weighted by molar-refractivity contribution is 5.69. The third-order valence-electron chi connectivity index (χ3n) is 2.52. The van der Waals surface area contributed by atoms with Gasteiger partial charge in [0.05, 0.1) is 6.61 Å². The van der Waals surface area contributed by atoms with Crippen molar-refractivity contribution in [3.8, 4) is 0 Å². The Balaban J connectivity index is 3.54. The van der Waals surface area contributed by atoms with Gasteiger partial charge >= 0.3 is 5.97 Å². The molecule has 2 heteroatoms. The average Bonchev–Trinajstić information content (AvgIpc) is 2.10. The average molecular weight is 200 g/mol. The molecule has 0 aliphatic heterocycles. The summed E-state index contributed by atoms with van der Waals surface area (Å²) in [7, 11) is 0. The third-order valence-corrected chi connectivity index (χ3v) is 2.52. The van der Waals surface area contributed by atoms with E-state index < -0.39 is 0 Å². The van der Waals surface area contributed by atoms with Crippen LogP contribution in [0.4, 0.5) is 0 Å². The Kier molecular flexibility index (Phi) is 6.60. The molecule has 0 spiro atoms. The van der Waals surface area contributed by atoms with Gasteiger partial charge in [-0.25, -0.2) is 0 Å². The van der Waals surface area contributed by atoms with E-state index >= 15 is 0 Å². The van der Waals surface area contributed by atoms with Crippen LogP contribution in [-0.2, 0) is 9.53 Å². The van der Waals surface area contributed by atoms with E-state index in [0.29, 0.717) is 30.8 Å². The van der Waals surface area contributed by atoms with E-state index in [4.69, 9.17) is 4.74 Å². The third kappa shape index (κ3) is 6.93. The molecule has 0 aromatic rings. The maximum Gasteiger partial charge on any atom is 0.305 e. The molecule has 0 saturated heterocycles. The van der Waals surface area contributed by atoms with Crippen molar-refractivity contribution in [1.29, 1.82) is 0 Å². The fourth-order valence-electron chi connectivity index (χ4n) is 1.01. The lowest BCUT2D eigenvalue weighted by molar-refractivity contribution is -0.145. The van der Waals surface area contributed by atoms with E-state index in [0.717, 1.165) is 6.42 Å². The zero-order valence-corrected chi connectivity index (χ0v) is 10.2. The summed E-state index contributed by atoms with van der Waals surface area (Å²) >= 11 is 0. The molecule has 0 heterocycles. The van der Waals surface area contributed by atoms with Crippen molar-refractivity contribution < 1.29 is 9.53 Å². The van der Waals surface area contributed by atoms with Crippen molar-refractivity contribution in [2.45, 2.75) is 47.5 Å². The Bertz CT molecular complexity index is 162. The quantitative estimate of drug-likeness (QED) is 0.615. The maximum atomic E-state index is 11.3. The molecule has 0 fully saturated rings. The smallest absolute Gasteiger partial charge is 0.305 e. The highest BCUT2D eigenvalue weighted by Crippen LogP contribution is 2.16. The molecular formula is C12H24O2. The number of ether oxygens (including phenoxy) is 1. The summed E-state index contributed by atoms with van der Waals surface area (Å²) in [6, 6.07) is 0. The van der Waals surface area contributed by atoms with Gasteiger partial charge in [0.1, 0.15) is 0 Å². The zero-order chi connectivity index (χ0) is 11.1. The lowest BCUT2D eigenvalue weighted by Gasteiger charge is -2.14. The van der Waals surface area contributed by atoms with Crippen LogP contribution in [-0.4, -0.2) is 12.6 Å². The molecule has 0 saturated carbocycles. The number of hydrogen-bond donors (Lipinski definition) is 0. The van der Waals surface area contributed by atoms with Crippen molar-refractivity contribution in [3.05, 3.63) is 0 Å². The molecule has 0 aliphatic rings. The molecule has 0 aromatic carbocycles. The predicted molar refractivity (Wildman–Crippen MR) is 59.0 cm³/mol. The first-order valence-electron chi connectivity index (χ1n) is 5.59. The highest BCUT2D eigenvalue weighted by atomic mass is 16.5. The van der Waals surface area contributed by atoms with Gasteiger partial charge in [0.15, 0.2) is 0 Å². The standard InChI is InChI=1S/C12H24O2/c1-9(2)8-14-12(13)7-6-11(5)10(3)4/h9-11H,6-8H2,1-5H3. The molecule has 0 amide bonds. The first-order valence-corrected chi connectivity index (χ1v) is 5.59. The minimum absolute atomic E-state index is 0.0498. The van der Waals surface area contributed by atoms with Crippen molar-refractivity contribution in [3.63, 3.8) is 0 Å². The van der Waals surface area contributed by atoms with Gasteiger partial charge in [-0.05, 0) is 24.2 Å². The molecule has 0 aliphatic carbocycles. The first-order chi connectivity index (χ1) is 6.43. The van der Waals surface area contributed by atoms with Gasteiger partial charge in [-0.3, -0.25) is 4.79 Å². The summed E-state index contributed by atoms with van der Waals surface area (Å²) in [5.74, 6) is 1.63. The number of carbonyl (C=O) groups is 1. The summed E-state index contributed by atoms with van der Waals surface area (Å²) in [5.41, 5.74) is 0. The minimum atomic E-state index is -0.0498. The van der Waals surface area contributed by atoms with E-state index in [1.54, 1.807) is 0 Å². The van der Waals surface area contributed by atoms with Crippen molar-refractivity contribution in [2.24, 2.45) is 17.8 Å². The van der Waals surface area contributed by atoms with E-state index in [1.165, 1.54) is 0 Å². The number of rotatable bonds is 6. The summed E-state index contributed by atoms with van der Waals surface area (Å²) in [5, 5.41) is 0. The lowest BCUT2D eigenvalue weighted by atomic mass is 9.93. The van der Waals surface area contributed by atoms with Crippen LogP contribution in [0.1, 0.15) is 47.5 Å². The largest absolute Gasteiger partial charge is 0.465 e. The molecule has 0 radical (unpaired) electrons. The lowest BCUT2D eigenvalue weighted by Crippen LogP contribution is -2.12. The summed E-state index contributed by atoms with van der Waals surface area (Å²) in [4.78, 5) is 11.3. The minimum Gasteiger partial charge on any atom is -0.465 e. The monoisotopic (exact) mass is 200 g/mol. The fourth-order valence-corrected chi connectivity index (χ4v) is 1.01.